The van der Waals surface area contributed by atoms with Crippen LogP contribution in [0.2, 0.25) is 5.02 Å². The van der Waals surface area contributed by atoms with E-state index in [1.165, 1.54) is 7.11 Å². The molecule has 0 fully saturated rings. The molecular formula is C16H16ClIN2O2S. The van der Waals surface area contributed by atoms with Gasteiger partial charge in [0, 0.05) is 18.1 Å². The molecule has 0 heterocycles. The molecule has 0 radical (unpaired) electrons. The van der Waals surface area contributed by atoms with Crippen molar-refractivity contribution in [2.24, 2.45) is 5.73 Å². The highest BCUT2D eigenvalue weighted by molar-refractivity contribution is 14.1. The smallest absolute Gasteiger partial charge is 0.171 e. The third kappa shape index (κ3) is 4.86. The van der Waals surface area contributed by atoms with Gasteiger partial charge in [-0.3, -0.25) is 0 Å². The van der Waals surface area contributed by atoms with E-state index in [-0.39, 0.29) is 5.75 Å². The number of nitrogens with two attached hydrogens (primary N) is 1. The fourth-order valence-electron chi connectivity index (χ4n) is 2.12. The molecule has 2 aromatic carbocycles. The van der Waals surface area contributed by atoms with Gasteiger partial charge >= 0.3 is 0 Å². The summed E-state index contributed by atoms with van der Waals surface area (Å²) in [6.45, 7) is 1.09. The van der Waals surface area contributed by atoms with Gasteiger partial charge in [-0.2, -0.15) is 0 Å². The van der Waals surface area contributed by atoms with Crippen molar-refractivity contribution < 1.29 is 9.84 Å². The van der Waals surface area contributed by atoms with E-state index in [1.54, 1.807) is 6.07 Å². The lowest BCUT2D eigenvalue weighted by Gasteiger charge is -2.23. The highest BCUT2D eigenvalue weighted by Crippen LogP contribution is 2.32. The average Bonchev–Trinajstić information content (AvgIpc) is 2.52. The van der Waals surface area contributed by atoms with E-state index in [2.05, 4.69) is 22.6 Å². The predicted molar refractivity (Wildman–Crippen MR) is 105 cm³/mol. The molecule has 0 saturated heterocycles. The van der Waals surface area contributed by atoms with Gasteiger partial charge < -0.3 is 20.5 Å². The van der Waals surface area contributed by atoms with Crippen molar-refractivity contribution in [2.75, 3.05) is 7.11 Å². The molecule has 0 aliphatic rings. The molecule has 3 N–H and O–H groups in total. The van der Waals surface area contributed by atoms with E-state index in [4.69, 9.17) is 34.3 Å². The molecule has 0 spiro atoms. The van der Waals surface area contributed by atoms with Crippen LogP contribution in [0.1, 0.15) is 11.1 Å². The largest absolute Gasteiger partial charge is 0.504 e. The van der Waals surface area contributed by atoms with Crippen LogP contribution in [0.15, 0.2) is 36.4 Å². The lowest BCUT2D eigenvalue weighted by atomic mass is 10.1. The molecule has 4 nitrogen and oxygen atoms in total. The van der Waals surface area contributed by atoms with Crippen LogP contribution in [0.4, 0.5) is 0 Å². The van der Waals surface area contributed by atoms with Crippen LogP contribution in [-0.2, 0) is 13.1 Å². The summed E-state index contributed by atoms with van der Waals surface area (Å²) in [5.74, 6) is 0.567. The minimum Gasteiger partial charge on any atom is -0.504 e. The molecule has 0 aliphatic carbocycles. The standard InChI is InChI=1S/C16H16ClIN2O2S/c1-22-14-7-11(6-13(18)15(14)21)9-20(16(19)23)8-10-2-4-12(17)5-3-10/h2-7,21H,8-9H2,1H3,(H2,19,23). The van der Waals surface area contributed by atoms with E-state index in [9.17, 15) is 5.11 Å². The van der Waals surface area contributed by atoms with E-state index >= 15 is 0 Å². The van der Waals surface area contributed by atoms with Gasteiger partial charge in [-0.25, -0.2) is 0 Å². The Morgan fingerprint density at radius 2 is 1.87 bits per heavy atom. The van der Waals surface area contributed by atoms with Gasteiger partial charge in [-0.05, 0) is 70.2 Å². The molecular weight excluding hydrogens is 447 g/mol. The second-order valence-electron chi connectivity index (χ2n) is 4.95. The average molecular weight is 463 g/mol. The van der Waals surface area contributed by atoms with Gasteiger partial charge in [0.05, 0.1) is 10.7 Å². The number of nitrogens with zero attached hydrogens (tertiary/aromatic N) is 1. The van der Waals surface area contributed by atoms with Crippen LogP contribution in [0.3, 0.4) is 0 Å². The van der Waals surface area contributed by atoms with Gasteiger partial charge in [-0.1, -0.05) is 23.7 Å². The molecule has 0 unspecified atom stereocenters. The number of hydrogen-bond acceptors (Lipinski definition) is 3. The lowest BCUT2D eigenvalue weighted by Crippen LogP contribution is -2.34. The Bertz CT molecular complexity index is 710. The second kappa shape index (κ2) is 8.03. The van der Waals surface area contributed by atoms with Gasteiger partial charge in [-0.15, -0.1) is 0 Å². The number of ether oxygens (including phenoxy) is 1. The van der Waals surface area contributed by atoms with Crippen LogP contribution >= 0.6 is 46.4 Å². The molecule has 122 valence electrons. The highest BCUT2D eigenvalue weighted by Gasteiger charge is 2.13. The number of aromatic hydroxyl groups is 1. The van der Waals surface area contributed by atoms with Crippen LogP contribution in [0.5, 0.6) is 11.5 Å². The minimum absolute atomic E-state index is 0.136. The van der Waals surface area contributed by atoms with Gasteiger partial charge in [0.25, 0.3) is 0 Å². The Labute approximate surface area is 159 Å². The summed E-state index contributed by atoms with van der Waals surface area (Å²) in [6.07, 6.45) is 0. The zero-order valence-electron chi connectivity index (χ0n) is 12.4. The van der Waals surface area contributed by atoms with Crippen molar-refractivity contribution in [3.8, 4) is 11.5 Å². The van der Waals surface area contributed by atoms with E-state index < -0.39 is 0 Å². The number of phenolic OH excluding ortho intramolecular Hbond substituents is 1. The summed E-state index contributed by atoms with van der Waals surface area (Å²) < 4.78 is 5.90. The molecule has 23 heavy (non-hydrogen) atoms. The van der Waals surface area contributed by atoms with Crippen molar-refractivity contribution in [3.63, 3.8) is 0 Å². The number of methoxy groups -OCH3 is 1. The number of rotatable bonds is 5. The second-order valence-corrected chi connectivity index (χ2v) is 6.97. The molecule has 0 aromatic heterocycles. The summed E-state index contributed by atoms with van der Waals surface area (Å²) in [6, 6.07) is 11.2. The third-order valence-corrected chi connectivity index (χ3v) is 4.61. The van der Waals surface area contributed by atoms with E-state index in [1.807, 2.05) is 35.2 Å². The molecule has 2 aromatic rings. The molecule has 0 bridgehead atoms. The van der Waals surface area contributed by atoms with Crippen LogP contribution in [-0.4, -0.2) is 22.2 Å². The van der Waals surface area contributed by atoms with Crippen molar-refractivity contribution in [3.05, 3.63) is 56.1 Å². The minimum atomic E-state index is 0.136. The summed E-state index contributed by atoms with van der Waals surface area (Å²) in [4.78, 5) is 1.88. The molecule has 7 heteroatoms. The Morgan fingerprint density at radius 1 is 1.26 bits per heavy atom. The molecule has 0 saturated carbocycles. The van der Waals surface area contributed by atoms with Crippen LogP contribution < -0.4 is 10.5 Å². The lowest BCUT2D eigenvalue weighted by molar-refractivity contribution is 0.368. The van der Waals surface area contributed by atoms with Crippen LogP contribution in [0.25, 0.3) is 0 Å². The Balaban J connectivity index is 2.21. The quantitative estimate of drug-likeness (QED) is 0.521. The summed E-state index contributed by atoms with van der Waals surface area (Å²) in [5.41, 5.74) is 7.86. The maximum Gasteiger partial charge on any atom is 0.171 e. The number of hydrogen-bond donors (Lipinski definition) is 2. The van der Waals surface area contributed by atoms with Gasteiger partial charge in [0.1, 0.15) is 0 Å². The number of thiocarbonyl (C=S) groups is 1. The Hall–Kier alpha value is -1.25. The first-order chi connectivity index (χ1) is 10.9. The maximum atomic E-state index is 9.92. The molecule has 0 atom stereocenters. The maximum absolute atomic E-state index is 9.92. The van der Waals surface area contributed by atoms with Crippen molar-refractivity contribution >= 4 is 51.5 Å². The SMILES string of the molecule is COc1cc(CN(Cc2ccc(Cl)cc2)C(N)=S)cc(I)c1O. The summed E-state index contributed by atoms with van der Waals surface area (Å²) >= 11 is 13.1. The zero-order valence-corrected chi connectivity index (χ0v) is 16.2. The Morgan fingerprint density at radius 3 is 2.43 bits per heavy atom. The van der Waals surface area contributed by atoms with Crippen molar-refractivity contribution in [1.29, 1.82) is 0 Å². The third-order valence-electron chi connectivity index (χ3n) is 3.28. The predicted octanol–water partition coefficient (Wildman–Crippen LogP) is 3.90. The monoisotopic (exact) mass is 462 g/mol. The molecule has 2 rings (SSSR count). The fourth-order valence-corrected chi connectivity index (χ4v) is 3.04. The first kappa shape index (κ1) is 18.1. The zero-order chi connectivity index (χ0) is 17.0. The Kier molecular flexibility index (Phi) is 6.32. The summed E-state index contributed by atoms with van der Waals surface area (Å²) in [5, 5.41) is 10.9. The number of halogens is 2. The fraction of sp³-hybridized carbons (Fsp3) is 0.188. The van der Waals surface area contributed by atoms with Gasteiger partial charge in [0.2, 0.25) is 0 Å². The van der Waals surface area contributed by atoms with Crippen LogP contribution in [0, 0.1) is 3.57 Å². The normalized spacial score (nSPS) is 10.4. The van der Waals surface area contributed by atoms with E-state index in [0.29, 0.717) is 32.5 Å². The van der Waals surface area contributed by atoms with E-state index in [0.717, 1.165) is 11.1 Å². The molecule has 0 amide bonds. The topological polar surface area (TPSA) is 58.7 Å². The number of benzene rings is 2. The van der Waals surface area contributed by atoms with Gasteiger partial charge in [0.15, 0.2) is 16.6 Å². The summed E-state index contributed by atoms with van der Waals surface area (Å²) in [7, 11) is 1.52. The first-order valence-electron chi connectivity index (χ1n) is 6.75. The highest BCUT2D eigenvalue weighted by atomic mass is 127. The van der Waals surface area contributed by atoms with Crippen molar-refractivity contribution in [2.45, 2.75) is 13.1 Å². The molecule has 0 aliphatic heterocycles. The van der Waals surface area contributed by atoms with Crippen molar-refractivity contribution in [1.82, 2.24) is 4.90 Å². The first-order valence-corrected chi connectivity index (χ1v) is 8.61. The number of phenols is 1.